The molecule has 0 bridgehead atoms. The van der Waals surface area contributed by atoms with Crippen molar-refractivity contribution in [3.63, 3.8) is 0 Å². The van der Waals surface area contributed by atoms with E-state index in [1.165, 1.54) is 0 Å². The molecule has 1 N–H and O–H groups in total. The summed E-state index contributed by atoms with van der Waals surface area (Å²) in [6.07, 6.45) is 0.151. The summed E-state index contributed by atoms with van der Waals surface area (Å²) in [7, 11) is 0. The van der Waals surface area contributed by atoms with E-state index in [1.54, 1.807) is 26.0 Å². The molecule has 1 aromatic carbocycles. The van der Waals surface area contributed by atoms with Crippen molar-refractivity contribution in [2.45, 2.75) is 45.8 Å². The van der Waals surface area contributed by atoms with E-state index in [2.05, 4.69) is 0 Å². The Morgan fingerprint density at radius 2 is 2.00 bits per heavy atom. The molecule has 0 aliphatic rings. The molecule has 0 fully saturated rings. The van der Waals surface area contributed by atoms with Crippen LogP contribution in [-0.2, 0) is 9.53 Å². The molecular formula is C15H22O4. The number of carbonyl (C=O) groups excluding carboxylic acids is 1. The molecule has 106 valence electrons. The average Bonchev–Trinajstić information content (AvgIpc) is 2.39. The summed E-state index contributed by atoms with van der Waals surface area (Å²) in [5, 5.41) is 9.69. The van der Waals surface area contributed by atoms with E-state index in [1.807, 2.05) is 19.1 Å². The Kier molecular flexibility index (Phi) is 6.36. The van der Waals surface area contributed by atoms with Crippen LogP contribution in [0.3, 0.4) is 0 Å². The van der Waals surface area contributed by atoms with E-state index in [4.69, 9.17) is 9.47 Å². The van der Waals surface area contributed by atoms with Gasteiger partial charge < -0.3 is 14.6 Å². The zero-order valence-electron chi connectivity index (χ0n) is 11.8. The number of hydrogen-bond donors (Lipinski definition) is 1. The monoisotopic (exact) mass is 266 g/mol. The summed E-state index contributed by atoms with van der Waals surface area (Å²) in [6, 6.07) is 7.18. The number of hydrogen-bond acceptors (Lipinski definition) is 4. The quantitative estimate of drug-likeness (QED) is 0.771. The Morgan fingerprint density at radius 3 is 2.58 bits per heavy atom. The minimum Gasteiger partial charge on any atom is -0.478 e. The van der Waals surface area contributed by atoms with Crippen LogP contribution in [0, 0.1) is 0 Å². The number of aliphatic hydroxyl groups excluding tert-OH is 1. The molecule has 1 aromatic rings. The predicted octanol–water partition coefficient (Wildman–Crippen LogP) is 2.85. The van der Waals surface area contributed by atoms with E-state index >= 15 is 0 Å². The van der Waals surface area contributed by atoms with Gasteiger partial charge in [0.05, 0.1) is 12.7 Å². The number of rotatable bonds is 7. The largest absolute Gasteiger partial charge is 0.478 e. The molecule has 19 heavy (non-hydrogen) atoms. The molecule has 4 heteroatoms. The van der Waals surface area contributed by atoms with Gasteiger partial charge in [-0.2, -0.15) is 0 Å². The Hall–Kier alpha value is -1.55. The van der Waals surface area contributed by atoms with Crippen molar-refractivity contribution >= 4 is 5.97 Å². The minimum absolute atomic E-state index is 0.334. The summed E-state index contributed by atoms with van der Waals surface area (Å²) in [4.78, 5) is 11.8. The van der Waals surface area contributed by atoms with Crippen molar-refractivity contribution < 1.29 is 19.4 Å². The van der Waals surface area contributed by atoms with Crippen molar-refractivity contribution in [1.82, 2.24) is 0 Å². The fourth-order valence-corrected chi connectivity index (χ4v) is 1.81. The molecule has 2 atom stereocenters. The molecule has 0 aromatic heterocycles. The molecule has 0 spiro atoms. The highest BCUT2D eigenvalue weighted by Crippen LogP contribution is 2.26. The molecule has 0 aliphatic carbocycles. The second-order valence-electron chi connectivity index (χ2n) is 4.36. The van der Waals surface area contributed by atoms with Gasteiger partial charge in [0.2, 0.25) is 0 Å². The Morgan fingerprint density at radius 1 is 1.32 bits per heavy atom. The number of para-hydroxylation sites is 1. The van der Waals surface area contributed by atoms with Crippen LogP contribution < -0.4 is 4.74 Å². The van der Waals surface area contributed by atoms with E-state index in [0.29, 0.717) is 24.3 Å². The van der Waals surface area contributed by atoms with Crippen LogP contribution in [0.1, 0.15) is 45.3 Å². The lowest BCUT2D eigenvalue weighted by molar-refractivity contribution is -0.151. The first-order chi connectivity index (χ1) is 9.10. The van der Waals surface area contributed by atoms with Crippen molar-refractivity contribution in [2.75, 3.05) is 6.61 Å². The number of benzene rings is 1. The molecule has 2 unspecified atom stereocenters. The summed E-state index contributed by atoms with van der Waals surface area (Å²) in [5.41, 5.74) is 0.674. The van der Waals surface area contributed by atoms with Gasteiger partial charge in [0, 0.05) is 5.56 Å². The van der Waals surface area contributed by atoms with Crippen LogP contribution in [0.4, 0.5) is 0 Å². The lowest BCUT2D eigenvalue weighted by atomic mass is 10.1. The van der Waals surface area contributed by atoms with E-state index in [9.17, 15) is 9.90 Å². The second kappa shape index (κ2) is 7.79. The third-order valence-corrected chi connectivity index (χ3v) is 2.74. The summed E-state index contributed by atoms with van der Waals surface area (Å²) in [6.45, 7) is 5.75. The standard InChI is InChI=1S/C15H22O4/c1-4-8-14(15(17)18-5-2)19-13-10-7-6-9-12(13)11(3)16/h6-7,9-11,14,16H,4-5,8H2,1-3H3. The van der Waals surface area contributed by atoms with Gasteiger partial charge in [-0.25, -0.2) is 4.79 Å². The van der Waals surface area contributed by atoms with E-state index in [0.717, 1.165) is 6.42 Å². The molecule has 1 rings (SSSR count). The fourth-order valence-electron chi connectivity index (χ4n) is 1.81. The number of carbonyl (C=O) groups is 1. The van der Waals surface area contributed by atoms with Crippen LogP contribution in [-0.4, -0.2) is 23.8 Å². The third kappa shape index (κ3) is 4.56. The molecule has 0 aliphatic heterocycles. The summed E-state index contributed by atoms with van der Waals surface area (Å²) >= 11 is 0. The van der Waals surface area contributed by atoms with Gasteiger partial charge in [-0.15, -0.1) is 0 Å². The van der Waals surface area contributed by atoms with Gasteiger partial charge in [0.15, 0.2) is 6.10 Å². The van der Waals surface area contributed by atoms with E-state index in [-0.39, 0.29) is 5.97 Å². The SMILES string of the molecule is CCCC(Oc1ccccc1C(C)O)C(=O)OCC. The van der Waals surface area contributed by atoms with Crippen molar-refractivity contribution in [3.8, 4) is 5.75 Å². The molecule has 0 saturated carbocycles. The Labute approximate surface area is 114 Å². The van der Waals surface area contributed by atoms with Gasteiger partial charge in [-0.05, 0) is 26.3 Å². The average molecular weight is 266 g/mol. The summed E-state index contributed by atoms with van der Waals surface area (Å²) in [5.74, 6) is 0.175. The molecule has 4 nitrogen and oxygen atoms in total. The lowest BCUT2D eigenvalue weighted by Gasteiger charge is -2.20. The predicted molar refractivity (Wildman–Crippen MR) is 73.0 cm³/mol. The summed E-state index contributed by atoms with van der Waals surface area (Å²) < 4.78 is 10.7. The zero-order chi connectivity index (χ0) is 14.3. The van der Waals surface area contributed by atoms with E-state index < -0.39 is 12.2 Å². The Balaban J connectivity index is 2.87. The van der Waals surface area contributed by atoms with Crippen LogP contribution in [0.2, 0.25) is 0 Å². The molecule has 0 saturated heterocycles. The maximum Gasteiger partial charge on any atom is 0.347 e. The first-order valence-electron chi connectivity index (χ1n) is 6.70. The third-order valence-electron chi connectivity index (χ3n) is 2.74. The van der Waals surface area contributed by atoms with Crippen molar-refractivity contribution in [1.29, 1.82) is 0 Å². The van der Waals surface area contributed by atoms with Crippen molar-refractivity contribution in [2.24, 2.45) is 0 Å². The topological polar surface area (TPSA) is 55.8 Å². The zero-order valence-corrected chi connectivity index (χ0v) is 11.8. The molecule has 0 amide bonds. The number of esters is 1. The molecule has 0 heterocycles. The van der Waals surface area contributed by atoms with Gasteiger partial charge in [0.1, 0.15) is 5.75 Å². The highest BCUT2D eigenvalue weighted by molar-refractivity contribution is 5.75. The van der Waals surface area contributed by atoms with Crippen molar-refractivity contribution in [3.05, 3.63) is 29.8 Å². The van der Waals surface area contributed by atoms with Gasteiger partial charge >= 0.3 is 5.97 Å². The highest BCUT2D eigenvalue weighted by atomic mass is 16.6. The second-order valence-corrected chi connectivity index (χ2v) is 4.36. The first kappa shape index (κ1) is 15.5. The van der Waals surface area contributed by atoms with Gasteiger partial charge in [0.25, 0.3) is 0 Å². The maximum absolute atomic E-state index is 11.8. The van der Waals surface area contributed by atoms with Gasteiger partial charge in [-0.3, -0.25) is 0 Å². The smallest absolute Gasteiger partial charge is 0.347 e. The fraction of sp³-hybridized carbons (Fsp3) is 0.533. The van der Waals surface area contributed by atoms with Crippen LogP contribution in [0.5, 0.6) is 5.75 Å². The number of ether oxygens (including phenoxy) is 2. The van der Waals surface area contributed by atoms with Crippen LogP contribution in [0.25, 0.3) is 0 Å². The van der Waals surface area contributed by atoms with Gasteiger partial charge in [-0.1, -0.05) is 31.5 Å². The normalized spacial score (nSPS) is 13.7. The molecular weight excluding hydrogens is 244 g/mol. The maximum atomic E-state index is 11.8. The number of aliphatic hydroxyl groups is 1. The minimum atomic E-state index is -0.638. The van der Waals surface area contributed by atoms with Crippen LogP contribution in [0.15, 0.2) is 24.3 Å². The highest BCUT2D eigenvalue weighted by Gasteiger charge is 2.22. The molecule has 0 radical (unpaired) electrons. The first-order valence-corrected chi connectivity index (χ1v) is 6.70. The Bertz CT molecular complexity index is 401. The van der Waals surface area contributed by atoms with Crippen LogP contribution >= 0.6 is 0 Å². The lowest BCUT2D eigenvalue weighted by Crippen LogP contribution is -2.29.